The van der Waals surface area contributed by atoms with E-state index in [1.165, 1.54) is 32.0 Å². The molecule has 0 radical (unpaired) electrons. The standard InChI is InChI=1S/C28H31F3N2O2.C6H15N.C3H5F3/c1-6-9-18(3)17-33-15-14-23-22(10-8-11-25(23)33)20(5)32-35-27(19(4)7-2)21-12-13-26(34)24(16-21)28(29,30)31;1-3-5-7-6-4-2;1-2-3(4,5)6/h8,10-16,34H,3,6-7,9,17H2,1-2,4-5H3;7H,3-6H2,1-2H3;2H2,1H3/b27-19?,32-20+;;. The van der Waals surface area contributed by atoms with E-state index in [0.29, 0.717) is 12.1 Å². The van der Waals surface area contributed by atoms with Crippen LogP contribution in [0.4, 0.5) is 26.3 Å². The fourth-order valence-electron chi connectivity index (χ4n) is 4.43. The van der Waals surface area contributed by atoms with Crippen LogP contribution in [0.25, 0.3) is 16.7 Å². The zero-order chi connectivity index (χ0) is 36.5. The zero-order valence-electron chi connectivity index (χ0n) is 29.2. The molecule has 0 fully saturated rings. The number of aromatic nitrogens is 1. The summed E-state index contributed by atoms with van der Waals surface area (Å²) in [6.07, 6.45) is -2.28. The van der Waals surface area contributed by atoms with E-state index >= 15 is 0 Å². The van der Waals surface area contributed by atoms with Crippen molar-refractivity contribution in [3.05, 3.63) is 83.1 Å². The van der Waals surface area contributed by atoms with E-state index in [2.05, 4.69) is 42.4 Å². The highest BCUT2D eigenvalue weighted by Crippen LogP contribution is 2.38. The van der Waals surface area contributed by atoms with Gasteiger partial charge in [-0.2, -0.15) is 26.3 Å². The number of allylic oxidation sites excluding steroid dienone is 2. The van der Waals surface area contributed by atoms with Crippen LogP contribution >= 0.6 is 0 Å². The number of rotatable bonds is 13. The lowest BCUT2D eigenvalue weighted by molar-refractivity contribution is -0.138. The lowest BCUT2D eigenvalue weighted by atomic mass is 10.0. The quantitative estimate of drug-likeness (QED) is 0.0471. The van der Waals surface area contributed by atoms with Crippen LogP contribution in [0.5, 0.6) is 5.75 Å². The zero-order valence-corrected chi connectivity index (χ0v) is 29.2. The summed E-state index contributed by atoms with van der Waals surface area (Å²) < 4.78 is 74.5. The summed E-state index contributed by atoms with van der Waals surface area (Å²) in [5.74, 6) is -0.592. The molecule has 0 atom stereocenters. The topological polar surface area (TPSA) is 58.8 Å². The molecule has 5 nitrogen and oxygen atoms in total. The number of benzene rings is 2. The molecule has 0 saturated heterocycles. The number of hydrogen-bond donors (Lipinski definition) is 2. The number of phenolic OH excluding ortho intramolecular Hbond substituents is 1. The first kappa shape index (κ1) is 42.3. The highest BCUT2D eigenvalue weighted by Gasteiger charge is 2.34. The van der Waals surface area contributed by atoms with Crippen LogP contribution in [-0.4, -0.2) is 34.7 Å². The molecule has 268 valence electrons. The summed E-state index contributed by atoms with van der Waals surface area (Å²) in [4.78, 5) is 5.75. The Morgan fingerprint density at radius 2 is 1.54 bits per heavy atom. The van der Waals surface area contributed by atoms with Gasteiger partial charge in [0.15, 0.2) is 5.76 Å². The molecule has 3 rings (SSSR count). The van der Waals surface area contributed by atoms with Crippen LogP contribution in [0.15, 0.2) is 71.5 Å². The van der Waals surface area contributed by atoms with Crippen LogP contribution < -0.4 is 5.32 Å². The van der Waals surface area contributed by atoms with Gasteiger partial charge < -0.3 is 19.8 Å². The molecule has 0 saturated carbocycles. The van der Waals surface area contributed by atoms with Crippen molar-refractivity contribution in [2.24, 2.45) is 5.16 Å². The molecule has 0 amide bonds. The molecule has 2 aromatic carbocycles. The lowest BCUT2D eigenvalue weighted by Gasteiger charge is -2.14. The number of hydrogen-bond acceptors (Lipinski definition) is 4. The fourth-order valence-corrected chi connectivity index (χ4v) is 4.43. The Bertz CT molecular complexity index is 1480. The molecule has 0 spiro atoms. The maximum Gasteiger partial charge on any atom is 0.419 e. The molecule has 0 aliphatic rings. The minimum atomic E-state index is -4.68. The Kier molecular flexibility index (Phi) is 18.1. The minimum Gasteiger partial charge on any atom is -0.507 e. The maximum atomic E-state index is 13.3. The van der Waals surface area contributed by atoms with E-state index in [9.17, 15) is 31.4 Å². The first-order valence-electron chi connectivity index (χ1n) is 16.4. The number of phenols is 1. The molecule has 3 aromatic rings. The van der Waals surface area contributed by atoms with Gasteiger partial charge in [-0.05, 0) is 88.5 Å². The molecular formula is C37H51F6N3O2. The van der Waals surface area contributed by atoms with Gasteiger partial charge in [0.2, 0.25) is 0 Å². The number of oxime groups is 1. The second-order valence-electron chi connectivity index (χ2n) is 11.4. The highest BCUT2D eigenvalue weighted by molar-refractivity contribution is 6.09. The number of fused-ring (bicyclic) bond motifs is 1. The monoisotopic (exact) mass is 683 g/mol. The molecule has 2 N–H and O–H groups in total. The van der Waals surface area contributed by atoms with Crippen molar-refractivity contribution < 1.29 is 36.3 Å². The van der Waals surface area contributed by atoms with Crippen molar-refractivity contribution in [1.82, 2.24) is 9.88 Å². The average molecular weight is 684 g/mol. The van der Waals surface area contributed by atoms with Crippen molar-refractivity contribution in [3.8, 4) is 5.75 Å². The van der Waals surface area contributed by atoms with Gasteiger partial charge in [-0.15, -0.1) is 0 Å². The number of nitrogens with one attached hydrogen (secondary N) is 1. The Balaban J connectivity index is 0.000000747. The third-order valence-corrected chi connectivity index (χ3v) is 7.21. The first-order chi connectivity index (χ1) is 22.5. The van der Waals surface area contributed by atoms with Gasteiger partial charge in [-0.25, -0.2) is 0 Å². The Morgan fingerprint density at radius 1 is 0.917 bits per heavy atom. The van der Waals surface area contributed by atoms with Gasteiger partial charge in [0, 0.05) is 41.2 Å². The molecule has 0 unspecified atom stereocenters. The molecule has 11 heteroatoms. The summed E-state index contributed by atoms with van der Waals surface area (Å²) in [6, 6.07) is 11.2. The van der Waals surface area contributed by atoms with Crippen LogP contribution in [0.3, 0.4) is 0 Å². The van der Waals surface area contributed by atoms with Crippen molar-refractivity contribution in [2.75, 3.05) is 13.1 Å². The summed E-state index contributed by atoms with van der Waals surface area (Å²) in [5.41, 5.74) is 3.49. The van der Waals surface area contributed by atoms with Crippen molar-refractivity contribution >= 4 is 22.4 Å². The molecule has 0 bridgehead atoms. The first-order valence-corrected chi connectivity index (χ1v) is 16.4. The van der Waals surface area contributed by atoms with Gasteiger partial charge in [0.1, 0.15) is 5.75 Å². The van der Waals surface area contributed by atoms with E-state index in [4.69, 9.17) is 4.84 Å². The molecular weight excluding hydrogens is 632 g/mol. The largest absolute Gasteiger partial charge is 0.507 e. The lowest BCUT2D eigenvalue weighted by Crippen LogP contribution is -2.14. The van der Waals surface area contributed by atoms with Gasteiger partial charge in [-0.3, -0.25) is 0 Å². The second kappa shape index (κ2) is 20.6. The van der Waals surface area contributed by atoms with E-state index in [1.807, 2.05) is 37.4 Å². The molecule has 0 aliphatic carbocycles. The normalized spacial score (nSPS) is 12.5. The molecule has 1 heterocycles. The van der Waals surface area contributed by atoms with E-state index in [1.54, 1.807) is 13.8 Å². The summed E-state index contributed by atoms with van der Waals surface area (Å²) >= 11 is 0. The fraction of sp³-hybridized carbons (Fsp3) is 0.486. The SMILES string of the molecule is C=C(CCC)Cn1ccc2c(/C(C)=N/OC(=C(C)CC)c3ccc(O)c(C(F)(F)F)c3)cccc21.CCC(F)(F)F.CCCNCCC. The maximum absolute atomic E-state index is 13.3. The van der Waals surface area contributed by atoms with E-state index in [0.717, 1.165) is 66.1 Å². The van der Waals surface area contributed by atoms with Gasteiger partial charge >= 0.3 is 12.4 Å². The van der Waals surface area contributed by atoms with Crippen LogP contribution in [0.2, 0.25) is 0 Å². The second-order valence-corrected chi connectivity index (χ2v) is 11.4. The van der Waals surface area contributed by atoms with Crippen LogP contribution in [0, 0.1) is 0 Å². The van der Waals surface area contributed by atoms with Crippen LogP contribution in [-0.2, 0) is 17.6 Å². The number of nitrogens with zero attached hydrogens (tertiary/aromatic N) is 2. The van der Waals surface area contributed by atoms with E-state index in [-0.39, 0.29) is 11.3 Å². The van der Waals surface area contributed by atoms with Gasteiger partial charge in [0.25, 0.3) is 0 Å². The van der Waals surface area contributed by atoms with Crippen LogP contribution in [0.1, 0.15) is 104 Å². The van der Waals surface area contributed by atoms with Gasteiger partial charge in [-0.1, -0.05) is 70.5 Å². The summed E-state index contributed by atoms with van der Waals surface area (Å²) in [5, 5.41) is 18.3. The predicted molar refractivity (Wildman–Crippen MR) is 185 cm³/mol. The Labute approximate surface area is 281 Å². The third kappa shape index (κ3) is 14.2. The number of halogens is 6. The summed E-state index contributed by atoms with van der Waals surface area (Å²) in [6.45, 7) is 20.3. The minimum absolute atomic E-state index is 0.199. The van der Waals surface area contributed by atoms with E-state index < -0.39 is 30.1 Å². The predicted octanol–water partition coefficient (Wildman–Crippen LogP) is 11.7. The van der Waals surface area contributed by atoms with Crippen molar-refractivity contribution in [1.29, 1.82) is 0 Å². The third-order valence-electron chi connectivity index (χ3n) is 7.21. The molecule has 1 aromatic heterocycles. The number of aromatic hydroxyl groups is 1. The number of alkyl halides is 6. The smallest absolute Gasteiger partial charge is 0.419 e. The Morgan fingerprint density at radius 3 is 2.06 bits per heavy atom. The molecule has 0 aliphatic heterocycles. The average Bonchev–Trinajstić information content (AvgIpc) is 3.44. The van der Waals surface area contributed by atoms with Crippen molar-refractivity contribution in [3.63, 3.8) is 0 Å². The molecule has 48 heavy (non-hydrogen) atoms. The highest BCUT2D eigenvalue weighted by atomic mass is 19.4. The summed E-state index contributed by atoms with van der Waals surface area (Å²) in [7, 11) is 0. The Hall–Kier alpha value is -3.73. The van der Waals surface area contributed by atoms with Gasteiger partial charge in [0.05, 0.1) is 11.3 Å². The van der Waals surface area contributed by atoms with Crippen molar-refractivity contribution in [2.45, 2.75) is 106 Å².